The standard InChI is InChI=1S/C17H18N2O3S/c1-17(10-14(19-22-17)15-7-4-8-23-15)16(20)18-13-6-3-5-12(9-13)11-21-2/h3-9H,10-11H2,1-2H3,(H,18,20)/t17-/m0/s1. The van der Waals surface area contributed by atoms with Gasteiger partial charge in [0.25, 0.3) is 5.91 Å². The van der Waals surface area contributed by atoms with E-state index >= 15 is 0 Å². The number of hydrogen-bond donors (Lipinski definition) is 1. The average molecular weight is 330 g/mol. The van der Waals surface area contributed by atoms with Gasteiger partial charge in [-0.05, 0) is 36.1 Å². The first kappa shape index (κ1) is 15.7. The van der Waals surface area contributed by atoms with E-state index in [1.54, 1.807) is 25.4 Å². The maximum Gasteiger partial charge on any atom is 0.271 e. The smallest absolute Gasteiger partial charge is 0.271 e. The second-order valence-corrected chi connectivity index (χ2v) is 6.55. The van der Waals surface area contributed by atoms with Crippen molar-refractivity contribution in [3.8, 4) is 0 Å². The van der Waals surface area contributed by atoms with E-state index in [0.717, 1.165) is 21.8 Å². The molecule has 1 aromatic heterocycles. The molecule has 1 aliphatic rings. The zero-order chi connectivity index (χ0) is 16.3. The molecule has 1 atom stereocenters. The maximum absolute atomic E-state index is 12.6. The maximum atomic E-state index is 12.6. The van der Waals surface area contributed by atoms with Gasteiger partial charge in [-0.3, -0.25) is 4.79 Å². The summed E-state index contributed by atoms with van der Waals surface area (Å²) in [6.45, 7) is 2.26. The van der Waals surface area contributed by atoms with Gasteiger partial charge in [0.15, 0.2) is 0 Å². The Balaban J connectivity index is 1.68. The van der Waals surface area contributed by atoms with Gasteiger partial charge in [0.2, 0.25) is 5.60 Å². The van der Waals surface area contributed by atoms with Gasteiger partial charge in [-0.2, -0.15) is 0 Å². The third-order valence-corrected chi connectivity index (χ3v) is 4.56. The molecule has 2 aromatic rings. The number of carbonyl (C=O) groups excluding carboxylic acids is 1. The van der Waals surface area contributed by atoms with Crippen molar-refractivity contribution in [2.24, 2.45) is 5.16 Å². The average Bonchev–Trinajstić information content (AvgIpc) is 3.18. The van der Waals surface area contributed by atoms with Crippen LogP contribution in [0, 0.1) is 0 Å². The van der Waals surface area contributed by atoms with Gasteiger partial charge in [0, 0.05) is 19.2 Å². The van der Waals surface area contributed by atoms with E-state index in [-0.39, 0.29) is 5.91 Å². The predicted octanol–water partition coefficient (Wildman–Crippen LogP) is 3.42. The van der Waals surface area contributed by atoms with Crippen LogP contribution in [0.25, 0.3) is 0 Å². The molecule has 1 N–H and O–H groups in total. The molecule has 0 aliphatic carbocycles. The van der Waals surface area contributed by atoms with Crippen LogP contribution in [0.15, 0.2) is 46.9 Å². The summed E-state index contributed by atoms with van der Waals surface area (Å²) in [7, 11) is 1.64. The molecule has 6 heteroatoms. The van der Waals surface area contributed by atoms with E-state index in [9.17, 15) is 4.79 Å². The monoisotopic (exact) mass is 330 g/mol. The fourth-order valence-corrected chi connectivity index (χ4v) is 3.11. The number of nitrogens with zero attached hydrogens (tertiary/aromatic N) is 1. The first-order valence-corrected chi connectivity index (χ1v) is 8.17. The topological polar surface area (TPSA) is 59.9 Å². The SMILES string of the molecule is COCc1cccc(NC(=O)[C@]2(C)CC(c3cccs3)=NO2)c1. The van der Waals surface area contributed by atoms with E-state index in [0.29, 0.717) is 13.0 Å². The van der Waals surface area contributed by atoms with E-state index in [4.69, 9.17) is 9.57 Å². The van der Waals surface area contributed by atoms with Crippen molar-refractivity contribution in [1.29, 1.82) is 0 Å². The fraction of sp³-hybridized carbons (Fsp3) is 0.294. The van der Waals surface area contributed by atoms with Crippen LogP contribution in [0.1, 0.15) is 23.8 Å². The molecule has 0 fully saturated rings. The highest BCUT2D eigenvalue weighted by molar-refractivity contribution is 7.12. The molecule has 1 aromatic carbocycles. The normalized spacial score (nSPS) is 20.0. The van der Waals surface area contributed by atoms with E-state index in [1.165, 1.54) is 0 Å². The van der Waals surface area contributed by atoms with Crippen LogP contribution in [-0.2, 0) is 21.0 Å². The Labute approximate surface area is 138 Å². The number of nitrogens with one attached hydrogen (secondary N) is 1. The molecule has 120 valence electrons. The molecule has 1 aliphatic heterocycles. The molecule has 0 bridgehead atoms. The second-order valence-electron chi connectivity index (χ2n) is 5.60. The number of anilines is 1. The summed E-state index contributed by atoms with van der Waals surface area (Å²) >= 11 is 1.59. The molecule has 0 saturated heterocycles. The van der Waals surface area contributed by atoms with Crippen molar-refractivity contribution in [3.05, 3.63) is 52.2 Å². The zero-order valence-electron chi connectivity index (χ0n) is 13.0. The minimum absolute atomic E-state index is 0.206. The molecule has 2 heterocycles. The van der Waals surface area contributed by atoms with Gasteiger partial charge >= 0.3 is 0 Å². The second kappa shape index (κ2) is 6.52. The summed E-state index contributed by atoms with van der Waals surface area (Å²) in [5.41, 5.74) is 1.54. The lowest BCUT2D eigenvalue weighted by atomic mass is 9.98. The third-order valence-electron chi connectivity index (χ3n) is 3.64. The molecule has 5 nitrogen and oxygen atoms in total. The molecule has 23 heavy (non-hydrogen) atoms. The largest absolute Gasteiger partial charge is 0.380 e. The van der Waals surface area contributed by atoms with Gasteiger partial charge < -0.3 is 14.9 Å². The van der Waals surface area contributed by atoms with Crippen LogP contribution in [0.4, 0.5) is 5.69 Å². The molecule has 0 radical (unpaired) electrons. The van der Waals surface area contributed by atoms with Crippen molar-refractivity contribution in [3.63, 3.8) is 0 Å². The molecule has 0 spiro atoms. The highest BCUT2D eigenvalue weighted by Crippen LogP contribution is 2.29. The summed E-state index contributed by atoms with van der Waals surface area (Å²) in [4.78, 5) is 19.1. The number of benzene rings is 1. The number of methoxy groups -OCH3 is 1. The first-order valence-electron chi connectivity index (χ1n) is 7.29. The highest BCUT2D eigenvalue weighted by atomic mass is 32.1. The highest BCUT2D eigenvalue weighted by Gasteiger charge is 2.42. The Morgan fingerprint density at radius 2 is 2.30 bits per heavy atom. The summed E-state index contributed by atoms with van der Waals surface area (Å²) in [5.74, 6) is -0.206. The molecule has 3 rings (SSSR count). The minimum Gasteiger partial charge on any atom is -0.380 e. The van der Waals surface area contributed by atoms with Gasteiger partial charge in [-0.1, -0.05) is 23.4 Å². The fourth-order valence-electron chi connectivity index (χ4n) is 2.41. The number of carbonyl (C=O) groups is 1. The van der Waals surface area contributed by atoms with Crippen molar-refractivity contribution in [2.75, 3.05) is 12.4 Å². The number of oxime groups is 1. The zero-order valence-corrected chi connectivity index (χ0v) is 13.9. The number of ether oxygens (including phenoxy) is 1. The summed E-state index contributed by atoms with van der Waals surface area (Å²) in [5, 5.41) is 8.97. The quantitative estimate of drug-likeness (QED) is 0.914. The first-order chi connectivity index (χ1) is 11.1. The van der Waals surface area contributed by atoms with E-state index in [2.05, 4.69) is 10.5 Å². The van der Waals surface area contributed by atoms with Crippen molar-refractivity contribution < 1.29 is 14.4 Å². The Morgan fingerprint density at radius 3 is 3.04 bits per heavy atom. The van der Waals surface area contributed by atoms with Gasteiger partial charge in [-0.15, -0.1) is 11.3 Å². The molecular weight excluding hydrogens is 312 g/mol. The van der Waals surface area contributed by atoms with Crippen LogP contribution >= 0.6 is 11.3 Å². The lowest BCUT2D eigenvalue weighted by Crippen LogP contribution is -2.40. The minimum atomic E-state index is -0.989. The third kappa shape index (κ3) is 3.43. The van der Waals surface area contributed by atoms with Crippen LogP contribution in [0.5, 0.6) is 0 Å². The Bertz CT molecular complexity index is 727. The predicted molar refractivity (Wildman–Crippen MR) is 90.7 cm³/mol. The van der Waals surface area contributed by atoms with Crippen LogP contribution in [0.3, 0.4) is 0 Å². The Morgan fingerprint density at radius 1 is 1.43 bits per heavy atom. The van der Waals surface area contributed by atoms with Crippen molar-refractivity contribution >= 4 is 28.6 Å². The van der Waals surface area contributed by atoms with Crippen molar-refractivity contribution in [2.45, 2.75) is 25.6 Å². The summed E-state index contributed by atoms with van der Waals surface area (Å²) < 4.78 is 5.11. The summed E-state index contributed by atoms with van der Waals surface area (Å²) in [6, 6.07) is 11.5. The van der Waals surface area contributed by atoms with Crippen LogP contribution in [-0.4, -0.2) is 24.3 Å². The van der Waals surface area contributed by atoms with Crippen LogP contribution in [0.2, 0.25) is 0 Å². The lowest BCUT2D eigenvalue weighted by Gasteiger charge is -2.20. The Hall–Kier alpha value is -2.18. The summed E-state index contributed by atoms with van der Waals surface area (Å²) in [6.07, 6.45) is 0.455. The van der Waals surface area contributed by atoms with E-state index in [1.807, 2.05) is 41.8 Å². The number of amides is 1. The van der Waals surface area contributed by atoms with Crippen LogP contribution < -0.4 is 5.32 Å². The van der Waals surface area contributed by atoms with Gasteiger partial charge in [0.1, 0.15) is 5.71 Å². The Kier molecular flexibility index (Phi) is 4.45. The number of rotatable bonds is 5. The van der Waals surface area contributed by atoms with Gasteiger partial charge in [-0.25, -0.2) is 0 Å². The molecule has 0 saturated carbocycles. The molecule has 1 amide bonds. The number of thiophene rings is 1. The molecular formula is C17H18N2O3S. The number of hydrogen-bond acceptors (Lipinski definition) is 5. The van der Waals surface area contributed by atoms with Gasteiger partial charge in [0.05, 0.1) is 11.5 Å². The lowest BCUT2D eigenvalue weighted by molar-refractivity contribution is -0.135. The van der Waals surface area contributed by atoms with Crippen molar-refractivity contribution in [1.82, 2.24) is 0 Å². The van der Waals surface area contributed by atoms with E-state index < -0.39 is 5.60 Å². The molecule has 0 unspecified atom stereocenters.